The second-order valence-corrected chi connectivity index (χ2v) is 7.25. The van der Waals surface area contributed by atoms with Gasteiger partial charge in [0.2, 0.25) is 0 Å². The summed E-state index contributed by atoms with van der Waals surface area (Å²) in [6.07, 6.45) is 3.38. The molecule has 0 aromatic heterocycles. The first-order valence-corrected chi connectivity index (χ1v) is 10.3. The van der Waals surface area contributed by atoms with Gasteiger partial charge < -0.3 is 15.5 Å². The maximum atomic E-state index is 13.0. The zero-order chi connectivity index (χ0) is 19.5. The van der Waals surface area contributed by atoms with E-state index in [0.717, 1.165) is 64.6 Å². The Bertz CT molecular complexity index is 558. The van der Waals surface area contributed by atoms with Crippen LogP contribution in [0.3, 0.4) is 0 Å². The molecule has 5 nitrogen and oxygen atoms in total. The number of guanidine groups is 1. The van der Waals surface area contributed by atoms with Gasteiger partial charge in [-0.15, -0.1) is 24.0 Å². The Morgan fingerprint density at radius 1 is 1.18 bits per heavy atom. The summed E-state index contributed by atoms with van der Waals surface area (Å²) in [4.78, 5) is 9.26. The number of likely N-dealkylation sites (tertiary alicyclic amines) is 1. The van der Waals surface area contributed by atoms with Gasteiger partial charge in [0.05, 0.1) is 0 Å². The lowest BCUT2D eigenvalue weighted by atomic mass is 10.0. The maximum absolute atomic E-state index is 13.0. The van der Waals surface area contributed by atoms with Gasteiger partial charge in [-0.2, -0.15) is 0 Å². The quantitative estimate of drug-likeness (QED) is 0.307. The van der Waals surface area contributed by atoms with E-state index in [2.05, 4.69) is 39.3 Å². The van der Waals surface area contributed by atoms with E-state index in [-0.39, 0.29) is 29.8 Å². The van der Waals surface area contributed by atoms with Crippen molar-refractivity contribution in [2.75, 3.05) is 46.3 Å². The molecule has 160 valence electrons. The molecule has 7 heteroatoms. The molecule has 0 aliphatic carbocycles. The molecule has 0 saturated carbocycles. The van der Waals surface area contributed by atoms with Crippen molar-refractivity contribution in [3.63, 3.8) is 0 Å². The average molecular weight is 505 g/mol. The number of hydrogen-bond donors (Lipinski definition) is 2. The minimum Gasteiger partial charge on any atom is -0.355 e. The number of piperidine rings is 1. The lowest BCUT2D eigenvalue weighted by Gasteiger charge is -2.33. The van der Waals surface area contributed by atoms with Crippen LogP contribution in [0.4, 0.5) is 4.39 Å². The van der Waals surface area contributed by atoms with Crippen molar-refractivity contribution >= 4 is 29.9 Å². The molecule has 0 spiro atoms. The van der Waals surface area contributed by atoms with E-state index in [1.54, 1.807) is 12.1 Å². The summed E-state index contributed by atoms with van der Waals surface area (Å²) in [5.74, 6) is 0.733. The smallest absolute Gasteiger partial charge is 0.191 e. The largest absolute Gasteiger partial charge is 0.355 e. The van der Waals surface area contributed by atoms with Gasteiger partial charge in [-0.3, -0.25) is 9.89 Å². The lowest BCUT2D eigenvalue weighted by Crippen LogP contribution is -2.49. The third-order valence-corrected chi connectivity index (χ3v) is 5.18. The highest BCUT2D eigenvalue weighted by Gasteiger charge is 2.20. The zero-order valence-electron chi connectivity index (χ0n) is 17.6. The second-order valence-electron chi connectivity index (χ2n) is 7.25. The number of halogens is 2. The van der Waals surface area contributed by atoms with Crippen molar-refractivity contribution < 1.29 is 4.39 Å². The molecule has 1 aromatic rings. The Kier molecular flexibility index (Phi) is 12.7. The Morgan fingerprint density at radius 3 is 2.43 bits per heavy atom. The van der Waals surface area contributed by atoms with E-state index in [1.165, 1.54) is 12.0 Å². The summed E-state index contributed by atoms with van der Waals surface area (Å²) >= 11 is 0. The summed E-state index contributed by atoms with van der Waals surface area (Å²) < 4.78 is 13.0. The van der Waals surface area contributed by atoms with Gasteiger partial charge in [-0.25, -0.2) is 4.39 Å². The van der Waals surface area contributed by atoms with Gasteiger partial charge in [0.25, 0.3) is 0 Å². The molecule has 0 atom stereocenters. The monoisotopic (exact) mass is 505 g/mol. The average Bonchev–Trinajstić information content (AvgIpc) is 2.69. The fraction of sp³-hybridized carbons (Fsp3) is 0.667. The SMILES string of the molecule is CCCN(CC)CCNC(=NC)NC1CCN(Cc2ccc(F)cc2)CC1.I. The number of nitrogens with one attached hydrogen (secondary N) is 2. The fourth-order valence-corrected chi connectivity index (χ4v) is 3.55. The number of aliphatic imine (C=N–C) groups is 1. The standard InChI is InChI=1S/C21H36FN5.HI/c1-4-13-26(5-2)16-12-24-21(23-3)25-20-10-14-27(15-11-20)17-18-6-8-19(22)9-7-18;/h6-9,20H,4-5,10-17H2,1-3H3,(H2,23,24,25);1H. The Labute approximate surface area is 187 Å². The molecular weight excluding hydrogens is 468 g/mol. The molecule has 1 heterocycles. The third kappa shape index (κ3) is 9.05. The molecule has 0 radical (unpaired) electrons. The molecule has 1 saturated heterocycles. The first-order chi connectivity index (χ1) is 13.1. The van der Waals surface area contributed by atoms with Gasteiger partial charge >= 0.3 is 0 Å². The summed E-state index contributed by atoms with van der Waals surface area (Å²) in [6.45, 7) is 11.6. The van der Waals surface area contributed by atoms with Gasteiger partial charge in [0, 0.05) is 45.8 Å². The predicted molar refractivity (Wildman–Crippen MR) is 127 cm³/mol. The molecule has 0 unspecified atom stereocenters. The highest BCUT2D eigenvalue weighted by molar-refractivity contribution is 14.0. The van der Waals surface area contributed by atoms with E-state index in [9.17, 15) is 4.39 Å². The number of nitrogens with zero attached hydrogens (tertiary/aromatic N) is 3. The van der Waals surface area contributed by atoms with E-state index < -0.39 is 0 Å². The van der Waals surface area contributed by atoms with Gasteiger partial charge in [0.15, 0.2) is 5.96 Å². The van der Waals surface area contributed by atoms with Crippen LogP contribution in [0.1, 0.15) is 38.7 Å². The van der Waals surface area contributed by atoms with Crippen molar-refractivity contribution in [1.82, 2.24) is 20.4 Å². The first kappa shape index (κ1) is 25.1. The van der Waals surface area contributed by atoms with Gasteiger partial charge in [-0.05, 0) is 50.0 Å². The van der Waals surface area contributed by atoms with Crippen molar-refractivity contribution in [3.8, 4) is 0 Å². The van der Waals surface area contributed by atoms with Crippen LogP contribution >= 0.6 is 24.0 Å². The minimum absolute atomic E-state index is 0. The van der Waals surface area contributed by atoms with Crippen LogP contribution in [0, 0.1) is 5.82 Å². The van der Waals surface area contributed by atoms with Crippen LogP contribution in [-0.4, -0.2) is 68.1 Å². The highest BCUT2D eigenvalue weighted by Crippen LogP contribution is 2.14. The van der Waals surface area contributed by atoms with Gasteiger partial charge in [0.1, 0.15) is 5.82 Å². The molecule has 1 fully saturated rings. The van der Waals surface area contributed by atoms with E-state index in [1.807, 2.05) is 19.2 Å². The van der Waals surface area contributed by atoms with Crippen LogP contribution in [0.5, 0.6) is 0 Å². The molecule has 0 bridgehead atoms. The summed E-state index contributed by atoms with van der Waals surface area (Å²) in [5, 5.41) is 7.01. The molecule has 0 amide bonds. The van der Waals surface area contributed by atoms with Crippen LogP contribution in [0.25, 0.3) is 0 Å². The molecule has 1 aliphatic heterocycles. The fourth-order valence-electron chi connectivity index (χ4n) is 3.55. The van der Waals surface area contributed by atoms with Crippen LogP contribution in [0.15, 0.2) is 29.3 Å². The van der Waals surface area contributed by atoms with Crippen LogP contribution in [0.2, 0.25) is 0 Å². The normalized spacial score (nSPS) is 16.1. The molecule has 28 heavy (non-hydrogen) atoms. The molecule has 1 aromatic carbocycles. The summed E-state index contributed by atoms with van der Waals surface area (Å²) in [5.41, 5.74) is 1.17. The number of hydrogen-bond acceptors (Lipinski definition) is 3. The van der Waals surface area contributed by atoms with Crippen molar-refractivity contribution in [2.24, 2.45) is 4.99 Å². The Morgan fingerprint density at radius 2 is 1.86 bits per heavy atom. The highest BCUT2D eigenvalue weighted by atomic mass is 127. The van der Waals surface area contributed by atoms with Crippen molar-refractivity contribution in [2.45, 2.75) is 45.7 Å². The number of likely N-dealkylation sites (N-methyl/N-ethyl adjacent to an activating group) is 1. The van der Waals surface area contributed by atoms with Crippen molar-refractivity contribution in [1.29, 1.82) is 0 Å². The molecule has 2 rings (SSSR count). The predicted octanol–water partition coefficient (Wildman–Crippen LogP) is 3.31. The number of benzene rings is 1. The molecule has 2 N–H and O–H groups in total. The molecular formula is C21H37FIN5. The zero-order valence-corrected chi connectivity index (χ0v) is 19.9. The minimum atomic E-state index is -0.169. The number of rotatable bonds is 9. The van der Waals surface area contributed by atoms with Crippen molar-refractivity contribution in [3.05, 3.63) is 35.6 Å². The topological polar surface area (TPSA) is 42.9 Å². The summed E-state index contributed by atoms with van der Waals surface area (Å²) in [7, 11) is 1.84. The second kappa shape index (κ2) is 14.1. The van der Waals surface area contributed by atoms with Crippen LogP contribution in [-0.2, 0) is 6.54 Å². The summed E-state index contributed by atoms with van der Waals surface area (Å²) in [6, 6.07) is 7.30. The van der Waals surface area contributed by atoms with E-state index in [4.69, 9.17) is 0 Å². The Balaban J connectivity index is 0.00000392. The maximum Gasteiger partial charge on any atom is 0.191 e. The third-order valence-electron chi connectivity index (χ3n) is 5.18. The first-order valence-electron chi connectivity index (χ1n) is 10.3. The molecule has 1 aliphatic rings. The van der Waals surface area contributed by atoms with E-state index >= 15 is 0 Å². The Hall–Kier alpha value is -0.930. The van der Waals surface area contributed by atoms with Gasteiger partial charge in [-0.1, -0.05) is 26.0 Å². The lowest BCUT2D eigenvalue weighted by molar-refractivity contribution is 0.198. The van der Waals surface area contributed by atoms with E-state index in [0.29, 0.717) is 6.04 Å². The van der Waals surface area contributed by atoms with Crippen LogP contribution < -0.4 is 10.6 Å².